The molecule has 11 nitrogen and oxygen atoms in total. The van der Waals surface area contributed by atoms with Gasteiger partial charge in [-0.3, -0.25) is 24.0 Å². The molecule has 0 aliphatic carbocycles. The van der Waals surface area contributed by atoms with E-state index in [2.05, 4.69) is 21.3 Å². The fraction of sp³-hybridized carbons (Fsp3) is 0.476. The maximum Gasteiger partial charge on any atom is 0.325 e. The number of hydrogen-bond acceptors (Lipinski definition) is 6. The maximum atomic E-state index is 12.8. The molecule has 3 amide bonds. The van der Waals surface area contributed by atoms with E-state index in [1.54, 1.807) is 30.3 Å². The fourth-order valence-corrected chi connectivity index (χ4v) is 3.27. The Kier molecular flexibility index (Phi) is 9.14. The Hall–Kier alpha value is -3.47. The standard InChI is InChI=1S/C21H28N4O7/c1-12(21(31)32)23-19(29)15(10-13-6-3-2-4-7-13)24-20(30)16(11-17(26)27)25-18(28)14-8-5-9-22-14/h2-4,6-7,12,14-16,22H,5,8-11H2,1H3,(H,23,29)(H,24,30)(H,25,28)(H,26,27)(H,31,32). The summed E-state index contributed by atoms with van der Waals surface area (Å²) in [7, 11) is 0. The largest absolute Gasteiger partial charge is 0.481 e. The smallest absolute Gasteiger partial charge is 0.325 e. The molecule has 174 valence electrons. The molecule has 2 rings (SSSR count). The summed E-state index contributed by atoms with van der Waals surface area (Å²) in [6, 6.07) is 4.45. The molecule has 0 aromatic heterocycles. The highest BCUT2D eigenvalue weighted by Gasteiger charge is 2.32. The average molecular weight is 448 g/mol. The molecule has 0 radical (unpaired) electrons. The van der Waals surface area contributed by atoms with Crippen LogP contribution >= 0.6 is 0 Å². The van der Waals surface area contributed by atoms with E-state index in [1.807, 2.05) is 0 Å². The van der Waals surface area contributed by atoms with Gasteiger partial charge in [-0.05, 0) is 31.9 Å². The molecule has 0 bridgehead atoms. The lowest BCUT2D eigenvalue weighted by Crippen LogP contribution is -2.57. The van der Waals surface area contributed by atoms with Crippen molar-refractivity contribution in [1.82, 2.24) is 21.3 Å². The Morgan fingerprint density at radius 3 is 2.22 bits per heavy atom. The van der Waals surface area contributed by atoms with Crippen LogP contribution in [0.15, 0.2) is 30.3 Å². The first kappa shape index (κ1) is 24.8. The number of amides is 3. The molecule has 1 heterocycles. The van der Waals surface area contributed by atoms with Crippen LogP contribution in [0.4, 0.5) is 0 Å². The van der Waals surface area contributed by atoms with Crippen LogP contribution in [0.25, 0.3) is 0 Å². The fourth-order valence-electron chi connectivity index (χ4n) is 3.27. The van der Waals surface area contributed by atoms with Gasteiger partial charge in [0, 0.05) is 6.42 Å². The van der Waals surface area contributed by atoms with Gasteiger partial charge < -0.3 is 31.5 Å². The van der Waals surface area contributed by atoms with Crippen molar-refractivity contribution in [1.29, 1.82) is 0 Å². The van der Waals surface area contributed by atoms with Crippen molar-refractivity contribution < 1.29 is 34.2 Å². The highest BCUT2D eigenvalue weighted by Crippen LogP contribution is 2.08. The topological polar surface area (TPSA) is 174 Å². The van der Waals surface area contributed by atoms with Crippen molar-refractivity contribution in [3.05, 3.63) is 35.9 Å². The number of nitrogens with one attached hydrogen (secondary N) is 4. The molecule has 1 aromatic rings. The van der Waals surface area contributed by atoms with Crippen molar-refractivity contribution in [2.75, 3.05) is 6.54 Å². The maximum absolute atomic E-state index is 12.8. The molecule has 4 unspecified atom stereocenters. The average Bonchev–Trinajstić information content (AvgIpc) is 3.28. The minimum atomic E-state index is -1.40. The summed E-state index contributed by atoms with van der Waals surface area (Å²) >= 11 is 0. The van der Waals surface area contributed by atoms with E-state index in [4.69, 9.17) is 5.11 Å². The lowest BCUT2D eigenvalue weighted by molar-refractivity contribution is -0.143. The van der Waals surface area contributed by atoms with Crippen LogP contribution in [0.2, 0.25) is 0 Å². The molecule has 4 atom stereocenters. The van der Waals surface area contributed by atoms with E-state index in [9.17, 15) is 29.1 Å². The quantitative estimate of drug-likeness (QED) is 0.250. The van der Waals surface area contributed by atoms with Crippen LogP contribution in [0.1, 0.15) is 31.7 Å². The van der Waals surface area contributed by atoms with Gasteiger partial charge in [-0.2, -0.15) is 0 Å². The van der Waals surface area contributed by atoms with E-state index >= 15 is 0 Å². The van der Waals surface area contributed by atoms with Gasteiger partial charge in [0.1, 0.15) is 18.1 Å². The molecule has 1 fully saturated rings. The zero-order valence-corrected chi connectivity index (χ0v) is 17.7. The number of benzene rings is 1. The van der Waals surface area contributed by atoms with Crippen LogP contribution in [-0.4, -0.2) is 70.6 Å². The molecule has 1 aliphatic rings. The number of rotatable bonds is 11. The van der Waals surface area contributed by atoms with Gasteiger partial charge in [-0.25, -0.2) is 0 Å². The normalized spacial score (nSPS) is 18.1. The Labute approximate surface area is 184 Å². The van der Waals surface area contributed by atoms with Crippen LogP contribution in [0.3, 0.4) is 0 Å². The molecule has 6 N–H and O–H groups in total. The highest BCUT2D eigenvalue weighted by molar-refractivity contribution is 5.95. The minimum absolute atomic E-state index is 0.0443. The van der Waals surface area contributed by atoms with Gasteiger partial charge in [0.2, 0.25) is 17.7 Å². The predicted molar refractivity (Wildman–Crippen MR) is 113 cm³/mol. The molecule has 32 heavy (non-hydrogen) atoms. The molecule has 1 aromatic carbocycles. The van der Waals surface area contributed by atoms with Crippen LogP contribution < -0.4 is 21.3 Å². The third-order valence-corrected chi connectivity index (χ3v) is 5.03. The van der Waals surface area contributed by atoms with Gasteiger partial charge in [0.05, 0.1) is 12.5 Å². The van der Waals surface area contributed by atoms with E-state index < -0.39 is 60.2 Å². The van der Waals surface area contributed by atoms with Gasteiger partial charge >= 0.3 is 11.9 Å². The first-order valence-electron chi connectivity index (χ1n) is 10.3. The number of carboxylic acid groups (broad SMARTS) is 2. The summed E-state index contributed by atoms with van der Waals surface area (Å²) in [5.74, 6) is -4.63. The van der Waals surface area contributed by atoms with Crippen molar-refractivity contribution in [2.24, 2.45) is 0 Å². The summed E-state index contributed by atoms with van der Waals surface area (Å²) in [6.07, 6.45) is 0.729. The molecule has 11 heteroatoms. The van der Waals surface area contributed by atoms with Gasteiger partial charge in [0.25, 0.3) is 0 Å². The monoisotopic (exact) mass is 448 g/mol. The number of carboxylic acids is 2. The van der Waals surface area contributed by atoms with Crippen molar-refractivity contribution in [3.8, 4) is 0 Å². The Balaban J connectivity index is 2.15. The zero-order valence-electron chi connectivity index (χ0n) is 17.7. The number of carbonyl (C=O) groups is 5. The second-order valence-corrected chi connectivity index (χ2v) is 7.63. The lowest BCUT2D eigenvalue weighted by Gasteiger charge is -2.24. The van der Waals surface area contributed by atoms with E-state index in [-0.39, 0.29) is 6.42 Å². The second-order valence-electron chi connectivity index (χ2n) is 7.63. The lowest BCUT2D eigenvalue weighted by atomic mass is 10.0. The zero-order chi connectivity index (χ0) is 23.7. The summed E-state index contributed by atoms with van der Waals surface area (Å²) in [6.45, 7) is 1.93. The van der Waals surface area contributed by atoms with Gasteiger partial charge in [-0.15, -0.1) is 0 Å². The van der Waals surface area contributed by atoms with Crippen LogP contribution in [0.5, 0.6) is 0 Å². The van der Waals surface area contributed by atoms with E-state index in [1.165, 1.54) is 6.92 Å². The molecule has 0 saturated carbocycles. The third-order valence-electron chi connectivity index (χ3n) is 5.03. The van der Waals surface area contributed by atoms with Gasteiger partial charge in [-0.1, -0.05) is 30.3 Å². The Bertz CT molecular complexity index is 840. The molecule has 1 aliphatic heterocycles. The molecule has 1 saturated heterocycles. The second kappa shape index (κ2) is 11.8. The van der Waals surface area contributed by atoms with E-state index in [0.717, 1.165) is 6.42 Å². The van der Waals surface area contributed by atoms with Crippen LogP contribution in [0, 0.1) is 0 Å². The SMILES string of the molecule is CC(NC(=O)C(Cc1ccccc1)NC(=O)C(CC(=O)O)NC(=O)C1CCCN1)C(=O)O. The third kappa shape index (κ3) is 7.65. The molecule has 0 spiro atoms. The highest BCUT2D eigenvalue weighted by atomic mass is 16.4. The van der Waals surface area contributed by atoms with Gasteiger partial charge in [0.15, 0.2) is 0 Å². The van der Waals surface area contributed by atoms with Crippen LogP contribution in [-0.2, 0) is 30.4 Å². The predicted octanol–water partition coefficient (Wildman–Crippen LogP) is -0.985. The summed E-state index contributed by atoms with van der Waals surface area (Å²) in [5, 5.41) is 28.4. The van der Waals surface area contributed by atoms with E-state index in [0.29, 0.717) is 18.5 Å². The minimum Gasteiger partial charge on any atom is -0.481 e. The molecular weight excluding hydrogens is 420 g/mol. The summed E-state index contributed by atoms with van der Waals surface area (Å²) < 4.78 is 0. The number of hydrogen-bond donors (Lipinski definition) is 6. The van der Waals surface area contributed by atoms with Crippen molar-refractivity contribution in [3.63, 3.8) is 0 Å². The number of aliphatic carboxylic acids is 2. The number of carbonyl (C=O) groups excluding carboxylic acids is 3. The van der Waals surface area contributed by atoms with Crippen molar-refractivity contribution in [2.45, 2.75) is 56.8 Å². The Morgan fingerprint density at radius 1 is 1.00 bits per heavy atom. The first-order valence-corrected chi connectivity index (χ1v) is 10.3. The molecular formula is C21H28N4O7. The summed E-state index contributed by atoms with van der Waals surface area (Å²) in [4.78, 5) is 60.3. The Morgan fingerprint density at radius 2 is 1.66 bits per heavy atom. The first-order chi connectivity index (χ1) is 15.2. The summed E-state index contributed by atoms with van der Waals surface area (Å²) in [5.41, 5.74) is 0.699. The van der Waals surface area contributed by atoms with Crippen molar-refractivity contribution >= 4 is 29.7 Å².